The van der Waals surface area contributed by atoms with Crippen LogP contribution in [0, 0.1) is 11.8 Å². The molecule has 0 radical (unpaired) electrons. The summed E-state index contributed by atoms with van der Waals surface area (Å²) in [7, 11) is 1.94. The SMILES string of the molecule is CNc1ncccc1CN(CCC(C)C)CCC(C)C. The van der Waals surface area contributed by atoms with Crippen molar-refractivity contribution < 1.29 is 0 Å². The summed E-state index contributed by atoms with van der Waals surface area (Å²) in [6.07, 6.45) is 4.36. The molecule has 0 saturated carbocycles. The Morgan fingerprint density at radius 1 is 1.10 bits per heavy atom. The molecule has 0 aliphatic heterocycles. The van der Waals surface area contributed by atoms with Gasteiger partial charge in [-0.1, -0.05) is 33.8 Å². The smallest absolute Gasteiger partial charge is 0.130 e. The van der Waals surface area contributed by atoms with Gasteiger partial charge in [0.05, 0.1) is 0 Å². The van der Waals surface area contributed by atoms with Crippen molar-refractivity contribution in [3.8, 4) is 0 Å². The molecule has 0 aliphatic carbocycles. The average Bonchev–Trinajstić information content (AvgIpc) is 2.42. The van der Waals surface area contributed by atoms with Gasteiger partial charge in [-0.25, -0.2) is 4.98 Å². The van der Waals surface area contributed by atoms with Crippen LogP contribution < -0.4 is 5.32 Å². The molecule has 0 amide bonds. The van der Waals surface area contributed by atoms with Gasteiger partial charge in [-0.2, -0.15) is 0 Å². The van der Waals surface area contributed by atoms with Gasteiger partial charge in [0.25, 0.3) is 0 Å². The van der Waals surface area contributed by atoms with Gasteiger partial charge >= 0.3 is 0 Å². The number of hydrogen-bond acceptors (Lipinski definition) is 3. The molecule has 1 rings (SSSR count). The Hall–Kier alpha value is -1.09. The van der Waals surface area contributed by atoms with E-state index >= 15 is 0 Å². The van der Waals surface area contributed by atoms with E-state index in [1.54, 1.807) is 0 Å². The van der Waals surface area contributed by atoms with Crippen LogP contribution >= 0.6 is 0 Å². The molecule has 20 heavy (non-hydrogen) atoms. The molecule has 0 unspecified atom stereocenters. The Morgan fingerprint density at radius 2 is 1.70 bits per heavy atom. The fourth-order valence-corrected chi connectivity index (χ4v) is 2.18. The maximum atomic E-state index is 4.40. The normalized spacial score (nSPS) is 11.6. The molecule has 0 fully saturated rings. The molecule has 0 aromatic carbocycles. The quantitative estimate of drug-likeness (QED) is 0.739. The number of anilines is 1. The zero-order valence-electron chi connectivity index (χ0n) is 13.8. The minimum absolute atomic E-state index is 0.759. The highest BCUT2D eigenvalue weighted by atomic mass is 15.1. The van der Waals surface area contributed by atoms with Crippen LogP contribution in [0.1, 0.15) is 46.1 Å². The van der Waals surface area contributed by atoms with E-state index in [0.717, 1.165) is 24.2 Å². The molecule has 0 spiro atoms. The van der Waals surface area contributed by atoms with E-state index in [2.05, 4.69) is 49.0 Å². The fourth-order valence-electron chi connectivity index (χ4n) is 2.18. The van der Waals surface area contributed by atoms with Crippen LogP contribution in [0.5, 0.6) is 0 Å². The molecule has 3 heteroatoms. The highest BCUT2D eigenvalue weighted by Crippen LogP contribution is 2.16. The number of nitrogens with zero attached hydrogens (tertiary/aromatic N) is 2. The Labute approximate surface area is 124 Å². The van der Waals surface area contributed by atoms with Gasteiger partial charge in [0.2, 0.25) is 0 Å². The summed E-state index contributed by atoms with van der Waals surface area (Å²) >= 11 is 0. The Bertz CT molecular complexity index is 362. The molecular formula is C17H31N3. The third-order valence-corrected chi connectivity index (χ3v) is 3.57. The minimum Gasteiger partial charge on any atom is -0.373 e. The first-order valence-electron chi connectivity index (χ1n) is 7.87. The number of hydrogen-bond donors (Lipinski definition) is 1. The summed E-state index contributed by atoms with van der Waals surface area (Å²) in [5, 5.41) is 3.19. The summed E-state index contributed by atoms with van der Waals surface area (Å²) in [5.74, 6) is 2.52. The lowest BCUT2D eigenvalue weighted by Crippen LogP contribution is -2.27. The van der Waals surface area contributed by atoms with Crippen molar-refractivity contribution in [3.05, 3.63) is 23.9 Å². The highest BCUT2D eigenvalue weighted by molar-refractivity contribution is 5.42. The van der Waals surface area contributed by atoms with Gasteiger partial charge in [-0.15, -0.1) is 0 Å². The molecule has 114 valence electrons. The average molecular weight is 277 g/mol. The van der Waals surface area contributed by atoms with E-state index in [1.807, 2.05) is 19.3 Å². The van der Waals surface area contributed by atoms with Crippen molar-refractivity contribution in [3.63, 3.8) is 0 Å². The lowest BCUT2D eigenvalue weighted by atomic mass is 10.1. The molecule has 1 aromatic rings. The molecule has 0 bridgehead atoms. The van der Waals surface area contributed by atoms with Gasteiger partial charge in [-0.05, 0) is 43.8 Å². The van der Waals surface area contributed by atoms with Crippen molar-refractivity contribution in [1.29, 1.82) is 0 Å². The third-order valence-electron chi connectivity index (χ3n) is 3.57. The molecule has 1 N–H and O–H groups in total. The van der Waals surface area contributed by atoms with E-state index in [-0.39, 0.29) is 0 Å². The number of aromatic nitrogens is 1. The maximum absolute atomic E-state index is 4.40. The van der Waals surface area contributed by atoms with Crippen molar-refractivity contribution in [1.82, 2.24) is 9.88 Å². The van der Waals surface area contributed by atoms with E-state index in [0.29, 0.717) is 0 Å². The van der Waals surface area contributed by atoms with Crippen molar-refractivity contribution in [2.45, 2.75) is 47.1 Å². The molecule has 0 atom stereocenters. The molecular weight excluding hydrogens is 246 g/mol. The Kier molecular flexibility index (Phi) is 7.60. The Balaban J connectivity index is 2.66. The minimum atomic E-state index is 0.759. The van der Waals surface area contributed by atoms with Crippen LogP contribution in [0.2, 0.25) is 0 Å². The first-order valence-corrected chi connectivity index (χ1v) is 7.87. The van der Waals surface area contributed by atoms with Crippen LogP contribution in [0.15, 0.2) is 18.3 Å². The largest absolute Gasteiger partial charge is 0.373 e. The maximum Gasteiger partial charge on any atom is 0.130 e. The van der Waals surface area contributed by atoms with Crippen LogP contribution in [-0.2, 0) is 6.54 Å². The second-order valence-corrected chi connectivity index (χ2v) is 6.40. The number of nitrogens with one attached hydrogen (secondary N) is 1. The summed E-state index contributed by atoms with van der Waals surface area (Å²) in [5.41, 5.74) is 1.29. The molecule has 3 nitrogen and oxygen atoms in total. The standard InChI is InChI=1S/C17H31N3/c1-14(2)8-11-20(12-9-15(3)4)13-16-7-6-10-19-17(16)18-5/h6-7,10,14-15H,8-9,11-13H2,1-5H3,(H,18,19). The van der Waals surface area contributed by atoms with Crippen LogP contribution in [0.25, 0.3) is 0 Å². The first kappa shape index (κ1) is 17.0. The lowest BCUT2D eigenvalue weighted by Gasteiger charge is -2.25. The van der Waals surface area contributed by atoms with E-state index in [9.17, 15) is 0 Å². The molecule has 1 heterocycles. The zero-order valence-corrected chi connectivity index (χ0v) is 13.8. The zero-order chi connectivity index (χ0) is 15.0. The highest BCUT2D eigenvalue weighted by Gasteiger charge is 2.11. The van der Waals surface area contributed by atoms with Crippen molar-refractivity contribution in [2.75, 3.05) is 25.5 Å². The monoisotopic (exact) mass is 277 g/mol. The van der Waals surface area contributed by atoms with Gasteiger partial charge < -0.3 is 5.32 Å². The predicted molar refractivity (Wildman–Crippen MR) is 88.0 cm³/mol. The summed E-state index contributed by atoms with van der Waals surface area (Å²) in [6.45, 7) is 12.5. The number of pyridine rings is 1. The van der Waals surface area contributed by atoms with Crippen LogP contribution in [0.4, 0.5) is 5.82 Å². The van der Waals surface area contributed by atoms with E-state index in [4.69, 9.17) is 0 Å². The van der Waals surface area contributed by atoms with Crippen molar-refractivity contribution in [2.24, 2.45) is 11.8 Å². The summed E-state index contributed by atoms with van der Waals surface area (Å²) < 4.78 is 0. The predicted octanol–water partition coefficient (Wildman–Crippen LogP) is 4.02. The molecule has 0 saturated heterocycles. The van der Waals surface area contributed by atoms with Gasteiger partial charge in [0, 0.05) is 25.4 Å². The van der Waals surface area contributed by atoms with Crippen molar-refractivity contribution >= 4 is 5.82 Å². The first-order chi connectivity index (χ1) is 9.52. The fraction of sp³-hybridized carbons (Fsp3) is 0.706. The Morgan fingerprint density at radius 3 is 2.20 bits per heavy atom. The summed E-state index contributed by atoms with van der Waals surface area (Å²) in [6, 6.07) is 4.20. The second-order valence-electron chi connectivity index (χ2n) is 6.40. The third kappa shape index (κ3) is 6.38. The van der Waals surface area contributed by atoms with Gasteiger partial charge in [-0.3, -0.25) is 4.90 Å². The van der Waals surface area contributed by atoms with Crippen LogP contribution in [0.3, 0.4) is 0 Å². The van der Waals surface area contributed by atoms with Gasteiger partial charge in [0.1, 0.15) is 5.82 Å². The summed E-state index contributed by atoms with van der Waals surface area (Å²) in [4.78, 5) is 6.97. The van der Waals surface area contributed by atoms with E-state index in [1.165, 1.54) is 31.5 Å². The lowest BCUT2D eigenvalue weighted by molar-refractivity contribution is 0.236. The molecule has 1 aromatic heterocycles. The van der Waals surface area contributed by atoms with Crippen LogP contribution in [-0.4, -0.2) is 30.0 Å². The van der Waals surface area contributed by atoms with E-state index < -0.39 is 0 Å². The topological polar surface area (TPSA) is 28.2 Å². The van der Waals surface area contributed by atoms with Gasteiger partial charge in [0.15, 0.2) is 0 Å². The number of rotatable bonds is 9. The second kappa shape index (κ2) is 8.96. The molecule has 0 aliphatic rings.